The molecule has 0 unspecified atom stereocenters. The molecular formula is C15H13N5. The first-order valence-electron chi connectivity index (χ1n) is 6.29. The van der Waals surface area contributed by atoms with Gasteiger partial charge in [0.2, 0.25) is 5.95 Å². The summed E-state index contributed by atoms with van der Waals surface area (Å²) in [7, 11) is 0. The second-order valence-electron chi connectivity index (χ2n) is 4.85. The maximum Gasteiger partial charge on any atom is 0.236 e. The number of nitriles is 1. The highest BCUT2D eigenvalue weighted by Crippen LogP contribution is 2.20. The Kier molecular flexibility index (Phi) is 2.72. The quantitative estimate of drug-likeness (QED) is 0.676. The SMILES string of the molecule is Cc1cc(C#N)nc(-n2cnc3cc(C)c(C)cc32)n1. The van der Waals surface area contributed by atoms with Crippen LogP contribution in [0.3, 0.4) is 0 Å². The van der Waals surface area contributed by atoms with Gasteiger partial charge >= 0.3 is 0 Å². The fraction of sp³-hybridized carbons (Fsp3) is 0.200. The van der Waals surface area contributed by atoms with Crippen LogP contribution in [0.1, 0.15) is 22.5 Å². The molecule has 20 heavy (non-hydrogen) atoms. The molecule has 0 N–H and O–H groups in total. The molecule has 3 rings (SSSR count). The summed E-state index contributed by atoms with van der Waals surface area (Å²) in [6.45, 7) is 5.97. The van der Waals surface area contributed by atoms with Crippen LogP contribution in [-0.2, 0) is 0 Å². The van der Waals surface area contributed by atoms with Gasteiger partial charge in [-0.15, -0.1) is 0 Å². The summed E-state index contributed by atoms with van der Waals surface area (Å²) in [5.41, 5.74) is 5.35. The number of benzene rings is 1. The number of imidazole rings is 1. The largest absolute Gasteiger partial charge is 0.267 e. The zero-order chi connectivity index (χ0) is 14.3. The third kappa shape index (κ3) is 1.91. The summed E-state index contributed by atoms with van der Waals surface area (Å²) in [6, 6.07) is 7.83. The highest BCUT2D eigenvalue weighted by atomic mass is 15.2. The Bertz CT molecular complexity index is 855. The van der Waals surface area contributed by atoms with Crippen LogP contribution in [0.4, 0.5) is 0 Å². The summed E-state index contributed by atoms with van der Waals surface area (Å²) in [5, 5.41) is 9.01. The van der Waals surface area contributed by atoms with E-state index >= 15 is 0 Å². The minimum Gasteiger partial charge on any atom is -0.267 e. The summed E-state index contributed by atoms with van der Waals surface area (Å²) in [4.78, 5) is 13.0. The van der Waals surface area contributed by atoms with Gasteiger partial charge < -0.3 is 0 Å². The minimum absolute atomic E-state index is 0.359. The van der Waals surface area contributed by atoms with Crippen LogP contribution < -0.4 is 0 Å². The zero-order valence-corrected chi connectivity index (χ0v) is 11.5. The van der Waals surface area contributed by atoms with Gasteiger partial charge in [-0.3, -0.25) is 4.57 Å². The molecule has 3 aromatic rings. The highest BCUT2D eigenvalue weighted by Gasteiger charge is 2.10. The molecule has 1 aromatic carbocycles. The standard InChI is InChI=1S/C15H13N5/c1-9-4-13-14(5-10(9)2)20(8-17-13)15-18-11(3)6-12(7-16)19-15/h4-6,8H,1-3H3. The Labute approximate surface area is 116 Å². The Morgan fingerprint density at radius 2 is 1.80 bits per heavy atom. The topological polar surface area (TPSA) is 67.4 Å². The van der Waals surface area contributed by atoms with Gasteiger partial charge in [0.1, 0.15) is 18.1 Å². The van der Waals surface area contributed by atoms with Crippen LogP contribution in [0.2, 0.25) is 0 Å². The molecule has 0 saturated carbocycles. The number of nitrogens with zero attached hydrogens (tertiary/aromatic N) is 5. The molecule has 5 heteroatoms. The number of aromatic nitrogens is 4. The minimum atomic E-state index is 0.359. The van der Waals surface area contributed by atoms with E-state index in [0.717, 1.165) is 16.7 Å². The van der Waals surface area contributed by atoms with Gasteiger partial charge in [-0.1, -0.05) is 0 Å². The van der Waals surface area contributed by atoms with E-state index in [9.17, 15) is 0 Å². The third-order valence-corrected chi connectivity index (χ3v) is 3.34. The summed E-state index contributed by atoms with van der Waals surface area (Å²) in [6.07, 6.45) is 1.69. The van der Waals surface area contributed by atoms with Crippen molar-refractivity contribution >= 4 is 11.0 Å². The molecular weight excluding hydrogens is 250 g/mol. The van der Waals surface area contributed by atoms with Gasteiger partial charge in [-0.2, -0.15) is 5.26 Å². The van der Waals surface area contributed by atoms with Crippen LogP contribution in [0, 0.1) is 32.1 Å². The van der Waals surface area contributed by atoms with E-state index in [4.69, 9.17) is 5.26 Å². The Morgan fingerprint density at radius 3 is 2.55 bits per heavy atom. The van der Waals surface area contributed by atoms with Crippen molar-refractivity contribution in [2.24, 2.45) is 0 Å². The van der Waals surface area contributed by atoms with Gasteiger partial charge in [0.25, 0.3) is 0 Å². The smallest absolute Gasteiger partial charge is 0.236 e. The number of hydrogen-bond acceptors (Lipinski definition) is 4. The maximum absolute atomic E-state index is 9.01. The monoisotopic (exact) mass is 263 g/mol. The lowest BCUT2D eigenvalue weighted by Crippen LogP contribution is -2.03. The fourth-order valence-electron chi connectivity index (χ4n) is 2.14. The van der Waals surface area contributed by atoms with E-state index in [-0.39, 0.29) is 0 Å². The van der Waals surface area contributed by atoms with E-state index in [1.54, 1.807) is 12.4 Å². The molecule has 0 aliphatic rings. The van der Waals surface area contributed by atoms with E-state index in [0.29, 0.717) is 11.6 Å². The van der Waals surface area contributed by atoms with Crippen LogP contribution in [-0.4, -0.2) is 19.5 Å². The van der Waals surface area contributed by atoms with Crippen molar-refractivity contribution in [2.75, 3.05) is 0 Å². The van der Waals surface area contributed by atoms with Crippen molar-refractivity contribution in [2.45, 2.75) is 20.8 Å². The fourth-order valence-corrected chi connectivity index (χ4v) is 2.14. The molecule has 0 radical (unpaired) electrons. The van der Waals surface area contributed by atoms with E-state index in [2.05, 4.69) is 40.9 Å². The van der Waals surface area contributed by atoms with Crippen molar-refractivity contribution in [1.82, 2.24) is 19.5 Å². The maximum atomic E-state index is 9.01. The van der Waals surface area contributed by atoms with Crippen LogP contribution in [0.25, 0.3) is 17.0 Å². The van der Waals surface area contributed by atoms with Crippen LogP contribution in [0.15, 0.2) is 24.5 Å². The molecule has 0 atom stereocenters. The average molecular weight is 263 g/mol. The second-order valence-corrected chi connectivity index (χ2v) is 4.85. The van der Waals surface area contributed by atoms with E-state index in [1.807, 2.05) is 17.6 Å². The molecule has 0 aliphatic heterocycles. The number of hydrogen-bond donors (Lipinski definition) is 0. The third-order valence-electron chi connectivity index (χ3n) is 3.34. The van der Waals surface area contributed by atoms with Gasteiger partial charge in [0, 0.05) is 5.69 Å². The van der Waals surface area contributed by atoms with Gasteiger partial charge in [0.15, 0.2) is 0 Å². The lowest BCUT2D eigenvalue weighted by Gasteiger charge is -2.05. The predicted molar refractivity (Wildman–Crippen MR) is 75.6 cm³/mol. The highest BCUT2D eigenvalue weighted by molar-refractivity contribution is 5.78. The summed E-state index contributed by atoms with van der Waals surface area (Å²) < 4.78 is 1.82. The van der Waals surface area contributed by atoms with Crippen molar-refractivity contribution in [3.8, 4) is 12.0 Å². The molecule has 0 fully saturated rings. The number of rotatable bonds is 1. The number of fused-ring (bicyclic) bond motifs is 1. The average Bonchev–Trinajstić information content (AvgIpc) is 2.81. The lowest BCUT2D eigenvalue weighted by atomic mass is 10.1. The molecule has 0 saturated heterocycles. The Morgan fingerprint density at radius 1 is 1.05 bits per heavy atom. The Balaban J connectivity index is 2.28. The molecule has 0 amide bonds. The lowest BCUT2D eigenvalue weighted by molar-refractivity contribution is 0.922. The predicted octanol–water partition coefficient (Wildman–Crippen LogP) is 2.61. The number of aryl methyl sites for hydroxylation is 3. The molecule has 2 heterocycles. The molecule has 0 spiro atoms. The van der Waals surface area contributed by atoms with Crippen LogP contribution >= 0.6 is 0 Å². The van der Waals surface area contributed by atoms with Crippen molar-refractivity contribution in [3.63, 3.8) is 0 Å². The normalized spacial score (nSPS) is 10.7. The van der Waals surface area contributed by atoms with E-state index < -0.39 is 0 Å². The van der Waals surface area contributed by atoms with E-state index in [1.165, 1.54) is 11.1 Å². The molecule has 0 bridgehead atoms. The van der Waals surface area contributed by atoms with Gasteiger partial charge in [-0.25, -0.2) is 15.0 Å². The van der Waals surface area contributed by atoms with Gasteiger partial charge in [0.05, 0.1) is 11.0 Å². The first-order valence-corrected chi connectivity index (χ1v) is 6.29. The summed E-state index contributed by atoms with van der Waals surface area (Å²) >= 11 is 0. The van der Waals surface area contributed by atoms with Crippen molar-refractivity contribution in [1.29, 1.82) is 5.26 Å². The molecule has 5 nitrogen and oxygen atoms in total. The second kappa shape index (κ2) is 4.42. The molecule has 98 valence electrons. The molecule has 0 aliphatic carbocycles. The van der Waals surface area contributed by atoms with Crippen molar-refractivity contribution in [3.05, 3.63) is 47.0 Å². The first kappa shape index (κ1) is 12.3. The van der Waals surface area contributed by atoms with Gasteiger partial charge in [-0.05, 0) is 50.1 Å². The van der Waals surface area contributed by atoms with Crippen molar-refractivity contribution < 1.29 is 0 Å². The first-order chi connectivity index (χ1) is 9.58. The zero-order valence-electron chi connectivity index (χ0n) is 11.5. The summed E-state index contributed by atoms with van der Waals surface area (Å²) in [5.74, 6) is 0.479. The molecule has 2 aromatic heterocycles. The Hall–Kier alpha value is -2.74. The van der Waals surface area contributed by atoms with Crippen LogP contribution in [0.5, 0.6) is 0 Å².